The maximum absolute atomic E-state index is 12.0. The van der Waals surface area contributed by atoms with Crippen LogP contribution in [-0.4, -0.2) is 37.5 Å². The molecule has 17 heavy (non-hydrogen) atoms. The number of alkyl halides is 3. The van der Waals surface area contributed by atoms with Crippen LogP contribution in [0.2, 0.25) is 0 Å². The minimum atomic E-state index is -3.48. The summed E-state index contributed by atoms with van der Waals surface area (Å²) in [6, 6.07) is 0. The van der Waals surface area contributed by atoms with Crippen molar-refractivity contribution in [2.75, 3.05) is 37.5 Å². The fourth-order valence-corrected chi connectivity index (χ4v) is 2.41. The molecular weight excluding hydrogens is 309 g/mol. The van der Waals surface area contributed by atoms with E-state index in [9.17, 15) is 4.57 Å². The van der Waals surface area contributed by atoms with Crippen molar-refractivity contribution in [2.45, 2.75) is 19.3 Å². The number of hydrogen-bond donors (Lipinski definition) is 0. The van der Waals surface area contributed by atoms with Crippen molar-refractivity contribution in [1.29, 1.82) is 0 Å². The van der Waals surface area contributed by atoms with Crippen molar-refractivity contribution in [2.24, 2.45) is 0 Å². The molecule has 0 aliphatic carbocycles. The van der Waals surface area contributed by atoms with Crippen LogP contribution in [0, 0.1) is 0 Å². The van der Waals surface area contributed by atoms with Crippen LogP contribution in [0.5, 0.6) is 0 Å². The lowest BCUT2D eigenvalue weighted by atomic mass is 10.5. The van der Waals surface area contributed by atoms with Crippen LogP contribution in [0.25, 0.3) is 0 Å². The highest BCUT2D eigenvalue weighted by atomic mass is 35.5. The molecule has 0 radical (unpaired) electrons. The first-order chi connectivity index (χ1) is 8.18. The zero-order valence-corrected chi connectivity index (χ0v) is 12.7. The molecule has 0 saturated carbocycles. The molecule has 0 atom stereocenters. The summed E-state index contributed by atoms with van der Waals surface area (Å²) in [6.07, 6.45) is 1.76. The van der Waals surface area contributed by atoms with Gasteiger partial charge in [0.25, 0.3) is 0 Å². The van der Waals surface area contributed by atoms with Crippen LogP contribution < -0.4 is 0 Å². The van der Waals surface area contributed by atoms with Gasteiger partial charge in [-0.3, -0.25) is 13.6 Å². The Kier molecular flexibility index (Phi) is 12.7. The van der Waals surface area contributed by atoms with Crippen LogP contribution in [0.15, 0.2) is 0 Å². The van der Waals surface area contributed by atoms with Crippen molar-refractivity contribution in [3.8, 4) is 0 Å². The number of rotatable bonds is 12. The van der Waals surface area contributed by atoms with Crippen molar-refractivity contribution in [1.82, 2.24) is 0 Å². The van der Waals surface area contributed by atoms with E-state index in [-0.39, 0.29) is 19.8 Å². The standard InChI is InChI=1S/C9H18Cl3O4P/c10-4-1-7-14-17(13,15-8-2-5-11)16-9-3-6-12/h1-9H2. The average Bonchev–Trinajstić information content (AvgIpc) is 2.30. The molecule has 0 aliphatic heterocycles. The number of hydrogen-bond acceptors (Lipinski definition) is 4. The van der Waals surface area contributed by atoms with Gasteiger partial charge in [0.1, 0.15) is 0 Å². The van der Waals surface area contributed by atoms with Crippen LogP contribution in [0.1, 0.15) is 19.3 Å². The van der Waals surface area contributed by atoms with Crippen LogP contribution in [0.4, 0.5) is 0 Å². The highest BCUT2D eigenvalue weighted by molar-refractivity contribution is 7.48. The zero-order valence-electron chi connectivity index (χ0n) is 9.58. The van der Waals surface area contributed by atoms with Gasteiger partial charge in [0.05, 0.1) is 19.8 Å². The summed E-state index contributed by atoms with van der Waals surface area (Å²) < 4.78 is 27.4. The van der Waals surface area contributed by atoms with Gasteiger partial charge in [-0.1, -0.05) is 0 Å². The van der Waals surface area contributed by atoms with Gasteiger partial charge in [-0.2, -0.15) is 0 Å². The lowest BCUT2D eigenvalue weighted by Crippen LogP contribution is -2.05. The molecule has 0 bridgehead atoms. The normalized spacial score (nSPS) is 11.9. The van der Waals surface area contributed by atoms with E-state index in [2.05, 4.69) is 0 Å². The monoisotopic (exact) mass is 326 g/mol. The van der Waals surface area contributed by atoms with Crippen molar-refractivity contribution in [3.05, 3.63) is 0 Å². The van der Waals surface area contributed by atoms with Crippen molar-refractivity contribution < 1.29 is 18.1 Å². The molecule has 0 spiro atoms. The first-order valence-electron chi connectivity index (χ1n) is 5.40. The molecule has 0 N–H and O–H groups in total. The molecule has 0 aromatic carbocycles. The Labute approximate surface area is 117 Å². The predicted octanol–water partition coefficient (Wildman–Crippen LogP) is 4.03. The van der Waals surface area contributed by atoms with Crippen LogP contribution in [-0.2, 0) is 18.1 Å². The van der Waals surface area contributed by atoms with Gasteiger partial charge in [0, 0.05) is 17.6 Å². The Hall–Kier alpha value is 0.980. The largest absolute Gasteiger partial charge is 0.474 e. The van der Waals surface area contributed by atoms with E-state index in [4.69, 9.17) is 48.4 Å². The molecule has 4 nitrogen and oxygen atoms in total. The van der Waals surface area contributed by atoms with E-state index in [1.165, 1.54) is 0 Å². The Morgan fingerprint density at radius 3 is 1.24 bits per heavy atom. The second-order valence-corrected chi connectivity index (χ2v) is 5.88. The summed E-state index contributed by atoms with van der Waals surface area (Å²) in [6.45, 7) is 0.716. The van der Waals surface area contributed by atoms with E-state index >= 15 is 0 Å². The summed E-state index contributed by atoms with van der Waals surface area (Å²) in [4.78, 5) is 0. The zero-order chi connectivity index (χ0) is 13.0. The topological polar surface area (TPSA) is 44.8 Å². The van der Waals surface area contributed by atoms with E-state index in [0.717, 1.165) is 0 Å². The summed E-state index contributed by atoms with van der Waals surface area (Å²) in [5, 5.41) is 0. The molecule has 0 fully saturated rings. The van der Waals surface area contributed by atoms with Gasteiger partial charge >= 0.3 is 7.82 Å². The van der Waals surface area contributed by atoms with Crippen molar-refractivity contribution >= 4 is 42.6 Å². The fraction of sp³-hybridized carbons (Fsp3) is 1.00. The molecule has 0 heterocycles. The molecule has 0 rings (SSSR count). The minimum Gasteiger partial charge on any atom is -0.287 e. The third-order valence-corrected chi connectivity index (χ3v) is 3.88. The third-order valence-electron chi connectivity index (χ3n) is 1.58. The Morgan fingerprint density at radius 2 is 1.00 bits per heavy atom. The molecule has 0 aliphatic rings. The molecule has 0 aromatic rings. The third kappa shape index (κ3) is 10.6. The van der Waals surface area contributed by atoms with Gasteiger partial charge in [0.2, 0.25) is 0 Å². The molecule has 8 heteroatoms. The highest BCUT2D eigenvalue weighted by Gasteiger charge is 2.25. The number of halogens is 3. The summed E-state index contributed by atoms with van der Waals surface area (Å²) in [7, 11) is -3.48. The maximum Gasteiger partial charge on any atom is 0.474 e. The maximum atomic E-state index is 12.0. The smallest absolute Gasteiger partial charge is 0.287 e. The Morgan fingerprint density at radius 1 is 0.706 bits per heavy atom. The highest BCUT2D eigenvalue weighted by Crippen LogP contribution is 2.49. The van der Waals surface area contributed by atoms with Gasteiger partial charge in [0.15, 0.2) is 0 Å². The van der Waals surface area contributed by atoms with E-state index in [1.54, 1.807) is 0 Å². The predicted molar refractivity (Wildman–Crippen MR) is 71.5 cm³/mol. The van der Waals surface area contributed by atoms with Gasteiger partial charge in [-0.15, -0.1) is 34.8 Å². The molecular formula is C9H18Cl3O4P. The molecule has 0 aromatic heterocycles. The second kappa shape index (κ2) is 12.0. The average molecular weight is 328 g/mol. The number of phosphoric ester groups is 1. The SMILES string of the molecule is O=P(OCCCCl)(OCCCCl)OCCCCl. The van der Waals surface area contributed by atoms with Crippen LogP contribution >= 0.6 is 42.6 Å². The summed E-state index contributed by atoms with van der Waals surface area (Å²) >= 11 is 16.5. The fourth-order valence-electron chi connectivity index (χ4n) is 0.805. The van der Waals surface area contributed by atoms with E-state index in [0.29, 0.717) is 36.9 Å². The summed E-state index contributed by atoms with van der Waals surface area (Å²) in [5.41, 5.74) is 0. The quantitative estimate of drug-likeness (QED) is 0.308. The van der Waals surface area contributed by atoms with E-state index in [1.807, 2.05) is 0 Å². The van der Waals surface area contributed by atoms with Crippen LogP contribution in [0.3, 0.4) is 0 Å². The molecule has 0 saturated heterocycles. The van der Waals surface area contributed by atoms with Gasteiger partial charge in [-0.25, -0.2) is 4.57 Å². The first-order valence-corrected chi connectivity index (χ1v) is 8.46. The van der Waals surface area contributed by atoms with E-state index < -0.39 is 7.82 Å². The van der Waals surface area contributed by atoms with Gasteiger partial charge < -0.3 is 0 Å². The first kappa shape index (κ1) is 18.0. The second-order valence-electron chi connectivity index (χ2n) is 3.07. The lowest BCUT2D eigenvalue weighted by molar-refractivity contribution is 0.114. The Bertz CT molecular complexity index is 185. The molecule has 0 unspecified atom stereocenters. The van der Waals surface area contributed by atoms with Gasteiger partial charge in [-0.05, 0) is 19.3 Å². The summed E-state index contributed by atoms with van der Waals surface area (Å²) in [5.74, 6) is 1.30. The minimum absolute atomic E-state index is 0.239. The Balaban J connectivity index is 4.00. The van der Waals surface area contributed by atoms with Crippen molar-refractivity contribution in [3.63, 3.8) is 0 Å². The number of phosphoric acid groups is 1. The molecule has 104 valence electrons. The molecule has 0 amide bonds. The lowest BCUT2D eigenvalue weighted by Gasteiger charge is -2.17.